The summed E-state index contributed by atoms with van der Waals surface area (Å²) < 4.78 is 70.8. The molecular formula is C38H49FN2O9S. The van der Waals surface area contributed by atoms with Gasteiger partial charge in [0.15, 0.2) is 0 Å². The Labute approximate surface area is 301 Å². The van der Waals surface area contributed by atoms with E-state index in [0.717, 1.165) is 0 Å². The molecule has 0 aromatic heterocycles. The van der Waals surface area contributed by atoms with Crippen LogP contribution in [0.25, 0.3) is 0 Å². The molecule has 1 heterocycles. The number of carbonyl (C=O) groups excluding carboxylic acids is 5. The van der Waals surface area contributed by atoms with Crippen LogP contribution < -0.4 is 4.72 Å². The summed E-state index contributed by atoms with van der Waals surface area (Å²) in [7, 11) is -3.94. The molecule has 6 atom stereocenters. The largest absolute Gasteiger partial charge is 0.460 e. The van der Waals surface area contributed by atoms with Crippen molar-refractivity contribution in [2.45, 2.75) is 128 Å². The number of Topliss-reactive ketones (excluding diaryl/α,β-unsaturated/α-hetero) is 2. The number of ether oxygens (including phenoxy) is 2. The summed E-state index contributed by atoms with van der Waals surface area (Å²) in [6, 6.07) is 4.60. The molecule has 5 aliphatic rings. The van der Waals surface area contributed by atoms with Crippen molar-refractivity contribution in [3.8, 4) is 0 Å². The number of nitrogens with zero attached hydrogens (tertiary/aromatic N) is 1. The molecule has 0 saturated heterocycles. The molecule has 1 aliphatic heterocycles. The predicted octanol–water partition coefficient (Wildman–Crippen LogP) is 5.68. The Bertz CT molecular complexity index is 1810. The average molecular weight is 731 g/mol. The highest BCUT2D eigenvalue weighted by Crippen LogP contribution is 2.58. The first-order chi connectivity index (χ1) is 24.8. The predicted molar refractivity (Wildman–Crippen MR) is 184 cm³/mol. The highest BCUT2D eigenvalue weighted by molar-refractivity contribution is 7.90. The Balaban J connectivity index is 1.28. The molecule has 3 saturated carbocycles. The molecule has 4 aliphatic carbocycles. The number of sulfonamides is 1. The first kappa shape index (κ1) is 34.5. The SMILES string of the molecule is [2H]C1([2H])C/C=C\[C@H]2C[C@@]2(C(=O)NS(=O)(=O)C2CC2)CC(=O)[C@@H]2C[C@@H](OC(=O)N3Cc4cccc(F)c4C3)CC2C(=O)[C@@H](CC(=O)OC(C)(C)C)CCC1. The van der Waals surface area contributed by atoms with Gasteiger partial charge < -0.3 is 9.47 Å². The number of rotatable bonds is 6. The zero-order chi connectivity index (χ0) is 38.5. The number of allylic oxidation sites excluding steroid dienone is 2. The molecule has 0 spiro atoms. The van der Waals surface area contributed by atoms with E-state index < -0.39 is 97.8 Å². The number of hydrogen-bond donors (Lipinski definition) is 1. The highest BCUT2D eigenvalue weighted by Gasteiger charge is 2.62. The van der Waals surface area contributed by atoms with Crippen LogP contribution in [-0.4, -0.2) is 59.8 Å². The third-order valence-corrected chi connectivity index (χ3v) is 12.6. The van der Waals surface area contributed by atoms with Crippen molar-refractivity contribution in [2.75, 3.05) is 0 Å². The standard InChI is InChI=1S/C38H49FN2O9S/c1-37(2,3)50-33(43)16-23-10-7-5-4-6-8-12-25-19-38(25,35(45)40-51(47,48)27-14-15-27)20-32(42)28-17-26(18-29(28)34(23)44)49-36(46)41-21-24-11-9-13-31(39)30(24)22-41/h8-9,11-13,23,25-29H,4-7,10,14-22H2,1-3H3,(H,40,45)/b12-8-/t23-,25+,26-,28-,29?,38-/m1/s1/i4D2. The molecule has 1 N–H and O–H groups in total. The molecule has 0 bridgehead atoms. The third-order valence-electron chi connectivity index (χ3n) is 10.8. The number of ketones is 2. The minimum Gasteiger partial charge on any atom is -0.460 e. The Morgan fingerprint density at radius 2 is 1.82 bits per heavy atom. The van der Waals surface area contributed by atoms with Gasteiger partial charge >= 0.3 is 12.1 Å². The summed E-state index contributed by atoms with van der Waals surface area (Å²) in [5, 5.41) is -0.671. The lowest BCUT2D eigenvalue weighted by atomic mass is 9.78. The van der Waals surface area contributed by atoms with Crippen LogP contribution in [0, 0.1) is 34.9 Å². The molecule has 1 aromatic rings. The van der Waals surface area contributed by atoms with Gasteiger partial charge in [-0.1, -0.05) is 37.1 Å². The van der Waals surface area contributed by atoms with Gasteiger partial charge in [-0.2, -0.15) is 0 Å². The van der Waals surface area contributed by atoms with Gasteiger partial charge in [0, 0.05) is 39.0 Å². The Morgan fingerprint density at radius 3 is 2.53 bits per heavy atom. The summed E-state index contributed by atoms with van der Waals surface area (Å²) in [6.45, 7) is 5.24. The van der Waals surface area contributed by atoms with E-state index in [1.54, 1.807) is 45.1 Å². The lowest BCUT2D eigenvalue weighted by Gasteiger charge is -2.26. The van der Waals surface area contributed by atoms with Gasteiger partial charge in [0.05, 0.1) is 23.6 Å². The minimum atomic E-state index is -3.94. The Hall–Kier alpha value is -3.61. The van der Waals surface area contributed by atoms with Gasteiger partial charge in [-0.3, -0.25) is 28.8 Å². The van der Waals surface area contributed by atoms with Crippen molar-refractivity contribution >= 4 is 39.6 Å². The second-order valence-electron chi connectivity index (χ2n) is 15.9. The van der Waals surface area contributed by atoms with Gasteiger partial charge in [0.25, 0.3) is 0 Å². The Morgan fingerprint density at radius 1 is 1.08 bits per heavy atom. The lowest BCUT2D eigenvalue weighted by molar-refractivity contribution is -0.157. The fourth-order valence-corrected chi connectivity index (χ4v) is 9.26. The molecule has 1 unspecified atom stereocenters. The van der Waals surface area contributed by atoms with E-state index >= 15 is 0 Å². The molecule has 1 aromatic carbocycles. The maximum Gasteiger partial charge on any atom is 0.410 e. The number of amides is 2. The maximum atomic E-state index is 14.5. The second-order valence-corrected chi connectivity index (χ2v) is 17.8. The van der Waals surface area contributed by atoms with Crippen LogP contribution in [0.2, 0.25) is 0 Å². The van der Waals surface area contributed by atoms with Crippen LogP contribution in [0.5, 0.6) is 0 Å². The van der Waals surface area contributed by atoms with E-state index in [1.165, 1.54) is 11.0 Å². The van der Waals surface area contributed by atoms with Crippen molar-refractivity contribution in [3.63, 3.8) is 0 Å². The molecular weight excluding hydrogens is 679 g/mol. The molecule has 51 heavy (non-hydrogen) atoms. The van der Waals surface area contributed by atoms with E-state index in [0.29, 0.717) is 24.0 Å². The summed E-state index contributed by atoms with van der Waals surface area (Å²) in [5.41, 5.74) is -1.20. The number of esters is 1. The third kappa shape index (κ3) is 8.55. The molecule has 0 radical (unpaired) electrons. The monoisotopic (exact) mass is 730 g/mol. The van der Waals surface area contributed by atoms with Crippen molar-refractivity contribution < 1.29 is 49.0 Å². The van der Waals surface area contributed by atoms with Crippen LogP contribution in [0.3, 0.4) is 0 Å². The van der Waals surface area contributed by atoms with E-state index in [2.05, 4.69) is 4.72 Å². The summed E-state index contributed by atoms with van der Waals surface area (Å²) >= 11 is 0. The minimum absolute atomic E-state index is 0.0000343. The number of fused-ring (bicyclic) bond motifs is 3. The van der Waals surface area contributed by atoms with Crippen LogP contribution >= 0.6 is 0 Å². The second kappa shape index (κ2) is 14.4. The van der Waals surface area contributed by atoms with E-state index in [9.17, 15) is 36.8 Å². The topological polar surface area (TPSA) is 153 Å². The van der Waals surface area contributed by atoms with Gasteiger partial charge in [0.2, 0.25) is 15.9 Å². The number of carbonyl (C=O) groups is 5. The van der Waals surface area contributed by atoms with Crippen LogP contribution in [0.1, 0.15) is 112 Å². The number of nitrogens with one attached hydrogen (secondary N) is 1. The normalized spacial score (nSPS) is 32.2. The summed E-state index contributed by atoms with van der Waals surface area (Å²) in [4.78, 5) is 70.4. The van der Waals surface area contributed by atoms with Crippen molar-refractivity contribution in [1.82, 2.24) is 9.62 Å². The number of benzene rings is 1. The average Bonchev–Trinajstić information content (AvgIpc) is 3.93. The van der Waals surface area contributed by atoms with Crippen LogP contribution in [-0.2, 0) is 51.8 Å². The molecule has 278 valence electrons. The van der Waals surface area contributed by atoms with Crippen molar-refractivity contribution in [2.24, 2.45) is 29.1 Å². The molecule has 3 fully saturated rings. The summed E-state index contributed by atoms with van der Waals surface area (Å²) in [6.07, 6.45) is 0.855. The fourth-order valence-electron chi connectivity index (χ4n) is 7.87. The molecule has 13 heteroatoms. The first-order valence-electron chi connectivity index (χ1n) is 19.0. The van der Waals surface area contributed by atoms with Crippen LogP contribution in [0.4, 0.5) is 9.18 Å². The molecule has 11 nitrogen and oxygen atoms in total. The van der Waals surface area contributed by atoms with Crippen molar-refractivity contribution in [1.29, 1.82) is 0 Å². The quantitative estimate of drug-likeness (QED) is 0.288. The van der Waals surface area contributed by atoms with Crippen LogP contribution in [0.15, 0.2) is 30.4 Å². The van der Waals surface area contributed by atoms with E-state index in [1.807, 2.05) is 0 Å². The highest BCUT2D eigenvalue weighted by atomic mass is 32.2. The van der Waals surface area contributed by atoms with Gasteiger partial charge in [-0.15, -0.1) is 0 Å². The number of hydrogen-bond acceptors (Lipinski definition) is 9. The first-order valence-corrected chi connectivity index (χ1v) is 19.5. The van der Waals surface area contributed by atoms with Gasteiger partial charge in [-0.25, -0.2) is 17.6 Å². The molecule has 2 amide bonds. The molecule has 6 rings (SSSR count). The zero-order valence-corrected chi connectivity index (χ0v) is 30.3. The van der Waals surface area contributed by atoms with E-state index in [-0.39, 0.29) is 70.9 Å². The lowest BCUT2D eigenvalue weighted by Crippen LogP contribution is -2.41. The Kier molecular flexibility index (Phi) is 9.75. The van der Waals surface area contributed by atoms with Crippen molar-refractivity contribution in [3.05, 3.63) is 47.3 Å². The van der Waals surface area contributed by atoms with Gasteiger partial charge in [-0.05, 0) is 89.6 Å². The summed E-state index contributed by atoms with van der Waals surface area (Å²) in [5.74, 6) is -6.13. The fraction of sp³-hybridized carbons (Fsp3) is 0.658. The smallest absolute Gasteiger partial charge is 0.410 e. The van der Waals surface area contributed by atoms with Gasteiger partial charge in [0.1, 0.15) is 29.1 Å². The maximum absolute atomic E-state index is 14.5. The van der Waals surface area contributed by atoms with E-state index in [4.69, 9.17) is 12.2 Å². The number of halogens is 1. The zero-order valence-electron chi connectivity index (χ0n) is 31.5.